The van der Waals surface area contributed by atoms with E-state index in [1.165, 1.54) is 11.3 Å². The molecule has 37 heavy (non-hydrogen) atoms. The van der Waals surface area contributed by atoms with E-state index in [9.17, 15) is 4.79 Å². The average molecular weight is 537 g/mol. The first-order chi connectivity index (χ1) is 18.0. The largest absolute Gasteiger partial charge is 0.420 e. The number of carbonyl (C=O) groups excluding carboxylic acids is 1. The molecule has 2 N–H and O–H groups in total. The maximum absolute atomic E-state index is 12.7. The number of rotatable bonds is 4. The molecule has 4 aromatic rings. The van der Waals surface area contributed by atoms with Crippen LogP contribution in [0.4, 0.5) is 5.69 Å². The molecule has 1 amide bonds. The summed E-state index contributed by atoms with van der Waals surface area (Å²) in [7, 11) is 0. The molecule has 2 unspecified atom stereocenters. The minimum absolute atomic E-state index is 0.0448. The molecular weight excluding hydrogens is 512 g/mol. The van der Waals surface area contributed by atoms with Crippen LogP contribution in [0.2, 0.25) is 5.28 Å². The molecule has 6 heterocycles. The number of amides is 1. The van der Waals surface area contributed by atoms with Crippen LogP contribution < -0.4 is 15.4 Å². The molecule has 7 rings (SSSR count). The third kappa shape index (κ3) is 4.08. The van der Waals surface area contributed by atoms with Crippen LogP contribution in [-0.2, 0) is 11.3 Å². The van der Waals surface area contributed by atoms with Gasteiger partial charge in [-0.05, 0) is 49.6 Å². The standard InChI is InChI=1S/C26H25ClN6O3S/c1-13-8-28-22-21-17-4-7-20(31-18(17)5-6-19(21)37-23(22)24(34)30-13)36-25-14(9-29-26(27)32-25)10-33-15-2-3-16(33)12-35-11-15/h4-7,9,13,15-16,28H,2-3,8,10-12H2,1H3,(H,30,34)/t13?,15-,16?/m1/s1. The van der Waals surface area contributed by atoms with Crippen molar-refractivity contribution in [1.29, 1.82) is 0 Å². The topological polar surface area (TPSA) is 102 Å². The first-order valence-electron chi connectivity index (χ1n) is 12.5. The SMILES string of the molecule is CC1CNc2c(sc3ccc4nc(Oc5nc(Cl)ncc5CN5C6CC[C@@H]5COC6)ccc4c23)C(=O)N1. The maximum Gasteiger partial charge on any atom is 0.263 e. The van der Waals surface area contributed by atoms with Crippen LogP contribution in [0.15, 0.2) is 30.5 Å². The Bertz CT molecular complexity index is 1530. The number of thiophene rings is 1. The first-order valence-corrected chi connectivity index (χ1v) is 13.7. The lowest BCUT2D eigenvalue weighted by Crippen LogP contribution is -2.45. The Hall–Kier alpha value is -3.05. The molecule has 0 radical (unpaired) electrons. The van der Waals surface area contributed by atoms with Crippen LogP contribution in [0, 0.1) is 0 Å². The predicted molar refractivity (Wildman–Crippen MR) is 143 cm³/mol. The van der Waals surface area contributed by atoms with Crippen LogP contribution in [0.5, 0.6) is 11.8 Å². The summed E-state index contributed by atoms with van der Waals surface area (Å²) in [5.41, 5.74) is 2.51. The molecule has 3 atom stereocenters. The van der Waals surface area contributed by atoms with Crippen molar-refractivity contribution in [2.75, 3.05) is 25.1 Å². The molecule has 190 valence electrons. The number of fused-ring (bicyclic) bond motifs is 7. The molecule has 0 aliphatic carbocycles. The smallest absolute Gasteiger partial charge is 0.263 e. The monoisotopic (exact) mass is 536 g/mol. The molecule has 0 spiro atoms. The molecule has 9 nitrogen and oxygen atoms in total. The average Bonchev–Trinajstić information content (AvgIpc) is 3.30. The van der Waals surface area contributed by atoms with Crippen LogP contribution in [0.25, 0.3) is 21.0 Å². The van der Waals surface area contributed by atoms with Crippen molar-refractivity contribution >= 4 is 55.5 Å². The number of halogens is 1. The zero-order valence-electron chi connectivity index (χ0n) is 20.2. The number of aromatic nitrogens is 3. The third-order valence-corrected chi connectivity index (χ3v) is 8.74. The quantitative estimate of drug-likeness (QED) is 0.365. The molecule has 11 heteroatoms. The van der Waals surface area contributed by atoms with E-state index in [4.69, 9.17) is 26.1 Å². The zero-order chi connectivity index (χ0) is 25.1. The summed E-state index contributed by atoms with van der Waals surface area (Å²) in [5.74, 6) is 0.792. The highest BCUT2D eigenvalue weighted by atomic mass is 35.5. The van der Waals surface area contributed by atoms with Gasteiger partial charge >= 0.3 is 0 Å². The minimum Gasteiger partial charge on any atom is -0.420 e. The van der Waals surface area contributed by atoms with Crippen LogP contribution in [0.3, 0.4) is 0 Å². The highest BCUT2D eigenvalue weighted by molar-refractivity contribution is 7.21. The van der Waals surface area contributed by atoms with Crippen molar-refractivity contribution in [2.45, 2.75) is 44.4 Å². The van der Waals surface area contributed by atoms with Crippen molar-refractivity contribution in [3.63, 3.8) is 0 Å². The maximum atomic E-state index is 12.7. The van der Waals surface area contributed by atoms with Gasteiger partial charge in [-0.25, -0.2) is 9.97 Å². The summed E-state index contributed by atoms with van der Waals surface area (Å²) in [4.78, 5) is 29.3. The molecule has 3 aliphatic heterocycles. The normalized spacial score (nSPS) is 23.5. The van der Waals surface area contributed by atoms with Gasteiger partial charge in [0.25, 0.3) is 5.91 Å². The molecule has 3 aromatic heterocycles. The zero-order valence-corrected chi connectivity index (χ0v) is 21.7. The second-order valence-electron chi connectivity index (χ2n) is 9.88. The summed E-state index contributed by atoms with van der Waals surface area (Å²) in [6.07, 6.45) is 4.01. The van der Waals surface area contributed by atoms with E-state index >= 15 is 0 Å². The van der Waals surface area contributed by atoms with Crippen molar-refractivity contribution in [3.05, 3.63) is 46.2 Å². The van der Waals surface area contributed by atoms with Crippen LogP contribution in [0.1, 0.15) is 35.0 Å². The Balaban J connectivity index is 1.23. The molecule has 1 aromatic carbocycles. The number of anilines is 1. The van der Waals surface area contributed by atoms with E-state index in [-0.39, 0.29) is 17.2 Å². The number of ether oxygens (including phenoxy) is 2. The highest BCUT2D eigenvalue weighted by Gasteiger charge is 2.37. The lowest BCUT2D eigenvalue weighted by molar-refractivity contribution is -0.0190. The number of benzene rings is 1. The van der Waals surface area contributed by atoms with E-state index in [0.29, 0.717) is 41.8 Å². The van der Waals surface area contributed by atoms with Crippen molar-refractivity contribution in [1.82, 2.24) is 25.2 Å². The van der Waals surface area contributed by atoms with Gasteiger partial charge in [-0.2, -0.15) is 4.98 Å². The molecule has 3 aliphatic rings. The van der Waals surface area contributed by atoms with Gasteiger partial charge in [0.2, 0.25) is 17.0 Å². The lowest BCUT2D eigenvalue weighted by atomic mass is 10.1. The number of hydrogen-bond acceptors (Lipinski definition) is 9. The Morgan fingerprint density at radius 1 is 1.19 bits per heavy atom. The van der Waals surface area contributed by atoms with Gasteiger partial charge < -0.3 is 20.1 Å². The van der Waals surface area contributed by atoms with Gasteiger partial charge in [0.1, 0.15) is 4.88 Å². The van der Waals surface area contributed by atoms with Gasteiger partial charge in [0, 0.05) is 64.5 Å². The summed E-state index contributed by atoms with van der Waals surface area (Å²) in [5, 5.41) is 8.59. The molecule has 0 saturated carbocycles. The summed E-state index contributed by atoms with van der Waals surface area (Å²) < 4.78 is 13.0. The summed E-state index contributed by atoms with van der Waals surface area (Å²) in [6, 6.07) is 8.66. The van der Waals surface area contributed by atoms with E-state index in [2.05, 4.69) is 25.5 Å². The first kappa shape index (κ1) is 23.1. The lowest BCUT2D eigenvalue weighted by Gasteiger charge is -2.34. The minimum atomic E-state index is -0.0448. The van der Waals surface area contributed by atoms with Crippen molar-refractivity contribution in [3.8, 4) is 11.8 Å². The summed E-state index contributed by atoms with van der Waals surface area (Å²) in [6.45, 7) is 4.84. The van der Waals surface area contributed by atoms with Gasteiger partial charge in [-0.15, -0.1) is 11.3 Å². The molecule has 2 fully saturated rings. The van der Waals surface area contributed by atoms with E-state index in [1.54, 1.807) is 6.20 Å². The Morgan fingerprint density at radius 3 is 2.86 bits per heavy atom. The molecule has 2 saturated heterocycles. The predicted octanol–water partition coefficient (Wildman–Crippen LogP) is 4.59. The second kappa shape index (κ2) is 9.05. The van der Waals surface area contributed by atoms with Gasteiger partial charge in [-0.3, -0.25) is 9.69 Å². The summed E-state index contributed by atoms with van der Waals surface area (Å²) >= 11 is 7.64. The number of morpholine rings is 1. The second-order valence-corrected chi connectivity index (χ2v) is 11.3. The van der Waals surface area contributed by atoms with Gasteiger partial charge in [0.05, 0.1) is 24.4 Å². The van der Waals surface area contributed by atoms with E-state index in [1.807, 2.05) is 31.2 Å². The number of carbonyl (C=O) groups is 1. The number of nitrogens with one attached hydrogen (secondary N) is 2. The molecular formula is C26H25ClN6O3S. The number of hydrogen-bond donors (Lipinski definition) is 2. The highest BCUT2D eigenvalue weighted by Crippen LogP contribution is 2.41. The Morgan fingerprint density at radius 2 is 2.03 bits per heavy atom. The molecule has 2 bridgehead atoms. The van der Waals surface area contributed by atoms with Gasteiger partial charge in [0.15, 0.2) is 0 Å². The van der Waals surface area contributed by atoms with Crippen molar-refractivity contribution < 1.29 is 14.3 Å². The van der Waals surface area contributed by atoms with Crippen molar-refractivity contribution in [2.24, 2.45) is 0 Å². The Labute approximate surface area is 222 Å². The van der Waals surface area contributed by atoms with E-state index < -0.39 is 0 Å². The van der Waals surface area contributed by atoms with Crippen LogP contribution >= 0.6 is 22.9 Å². The number of pyridine rings is 1. The fourth-order valence-corrected chi connectivity index (χ4v) is 6.82. The van der Waals surface area contributed by atoms with Crippen LogP contribution in [-0.4, -0.2) is 63.6 Å². The fraction of sp³-hybridized carbons (Fsp3) is 0.385. The number of nitrogens with zero attached hydrogens (tertiary/aromatic N) is 4. The third-order valence-electron chi connectivity index (χ3n) is 7.41. The van der Waals surface area contributed by atoms with Gasteiger partial charge in [-0.1, -0.05) is 0 Å². The Kier molecular flexibility index (Phi) is 5.65. The fourth-order valence-electron chi connectivity index (χ4n) is 5.60. The van der Waals surface area contributed by atoms with E-state index in [0.717, 1.165) is 58.3 Å².